The van der Waals surface area contributed by atoms with Gasteiger partial charge in [-0.3, -0.25) is 9.59 Å². The zero-order valence-corrected chi connectivity index (χ0v) is 20.9. The van der Waals surface area contributed by atoms with Gasteiger partial charge in [0.2, 0.25) is 5.91 Å². The Morgan fingerprint density at radius 1 is 1.09 bits per heavy atom. The van der Waals surface area contributed by atoms with E-state index in [0.717, 1.165) is 40.6 Å². The molecule has 1 aromatic heterocycles. The highest BCUT2D eigenvalue weighted by Crippen LogP contribution is 2.48. The van der Waals surface area contributed by atoms with E-state index >= 15 is 0 Å². The molecule has 0 saturated carbocycles. The van der Waals surface area contributed by atoms with Gasteiger partial charge in [-0.05, 0) is 49.1 Å². The summed E-state index contributed by atoms with van der Waals surface area (Å²) < 4.78 is 11.5. The Hall–Kier alpha value is -3.48. The fourth-order valence-electron chi connectivity index (χ4n) is 5.66. The number of carbonyl (C=O) groups excluding carboxylic acids is 2. The molecule has 3 heterocycles. The minimum absolute atomic E-state index is 0.0221. The fourth-order valence-corrected chi connectivity index (χ4v) is 5.66. The molecule has 2 atom stereocenters. The minimum Gasteiger partial charge on any atom is -0.493 e. The van der Waals surface area contributed by atoms with Crippen molar-refractivity contribution in [2.24, 2.45) is 0 Å². The number of carbonyl (C=O) groups is 2. The first-order chi connectivity index (χ1) is 16.9. The number of rotatable bonds is 7. The average molecular weight is 476 g/mol. The van der Waals surface area contributed by atoms with Crippen LogP contribution in [-0.2, 0) is 15.1 Å². The van der Waals surface area contributed by atoms with Crippen LogP contribution < -0.4 is 9.47 Å². The number of nitrogens with one attached hydrogen (secondary N) is 1. The highest BCUT2D eigenvalue weighted by atomic mass is 16.5. The van der Waals surface area contributed by atoms with Gasteiger partial charge in [-0.2, -0.15) is 0 Å². The predicted octanol–water partition coefficient (Wildman–Crippen LogP) is 4.41. The lowest BCUT2D eigenvalue weighted by molar-refractivity contribution is -0.166. The van der Waals surface area contributed by atoms with Crippen molar-refractivity contribution in [2.45, 2.75) is 45.1 Å². The van der Waals surface area contributed by atoms with Gasteiger partial charge >= 0.3 is 0 Å². The maximum Gasteiger partial charge on any atom is 0.254 e. The summed E-state index contributed by atoms with van der Waals surface area (Å²) >= 11 is 0. The largest absolute Gasteiger partial charge is 0.493 e. The number of hydrogen-bond acceptors (Lipinski definition) is 4. The summed E-state index contributed by atoms with van der Waals surface area (Å²) in [6, 6.07) is 14.1. The number of fused-ring (bicyclic) bond motifs is 5. The van der Waals surface area contributed by atoms with Crippen LogP contribution >= 0.6 is 0 Å². The van der Waals surface area contributed by atoms with E-state index in [4.69, 9.17) is 9.47 Å². The van der Waals surface area contributed by atoms with E-state index in [9.17, 15) is 9.59 Å². The topological polar surface area (TPSA) is 74.9 Å². The van der Waals surface area contributed by atoms with Crippen molar-refractivity contribution in [1.29, 1.82) is 0 Å². The summed E-state index contributed by atoms with van der Waals surface area (Å²) in [6.45, 7) is 7.72. The van der Waals surface area contributed by atoms with E-state index in [2.05, 4.69) is 18.0 Å². The summed E-state index contributed by atoms with van der Waals surface area (Å²) in [5.74, 6) is 1.21. The number of H-pyrrole nitrogens is 1. The monoisotopic (exact) mass is 475 g/mol. The first kappa shape index (κ1) is 23.3. The third kappa shape index (κ3) is 3.56. The van der Waals surface area contributed by atoms with Crippen molar-refractivity contribution in [3.63, 3.8) is 0 Å². The van der Waals surface area contributed by atoms with E-state index in [1.54, 1.807) is 16.9 Å². The molecule has 2 aliphatic heterocycles. The number of ether oxygens (including phenoxy) is 2. The molecule has 2 aromatic carbocycles. The van der Waals surface area contributed by atoms with E-state index in [1.165, 1.54) is 0 Å². The summed E-state index contributed by atoms with van der Waals surface area (Å²) in [5.41, 5.74) is 2.80. The Labute approximate surface area is 206 Å². The molecule has 0 bridgehead atoms. The first-order valence-corrected chi connectivity index (χ1v) is 12.5. The smallest absolute Gasteiger partial charge is 0.254 e. The summed E-state index contributed by atoms with van der Waals surface area (Å²) in [5, 5.41) is 1.08. The number of para-hydroxylation sites is 1. The van der Waals surface area contributed by atoms with Gasteiger partial charge in [0.25, 0.3) is 5.91 Å². The van der Waals surface area contributed by atoms with Crippen LogP contribution in [0, 0.1) is 0 Å². The van der Waals surface area contributed by atoms with Crippen LogP contribution in [0.2, 0.25) is 0 Å². The van der Waals surface area contributed by atoms with Crippen LogP contribution in [0.3, 0.4) is 0 Å². The van der Waals surface area contributed by atoms with E-state index in [1.807, 2.05) is 50.2 Å². The molecule has 7 heteroatoms. The molecule has 7 nitrogen and oxygen atoms in total. The molecule has 2 amide bonds. The van der Waals surface area contributed by atoms with E-state index < -0.39 is 5.54 Å². The number of aromatic nitrogens is 1. The van der Waals surface area contributed by atoms with Crippen molar-refractivity contribution in [1.82, 2.24) is 14.8 Å². The predicted molar refractivity (Wildman–Crippen MR) is 135 cm³/mol. The molecule has 1 saturated heterocycles. The van der Waals surface area contributed by atoms with Crippen molar-refractivity contribution in [3.05, 3.63) is 59.3 Å². The Balaban J connectivity index is 1.69. The van der Waals surface area contributed by atoms with Crippen LogP contribution in [0.5, 0.6) is 11.5 Å². The molecule has 0 radical (unpaired) electrons. The van der Waals surface area contributed by atoms with Gasteiger partial charge < -0.3 is 24.3 Å². The molecule has 3 aromatic rings. The Morgan fingerprint density at radius 3 is 2.63 bits per heavy atom. The maximum atomic E-state index is 13.8. The molecule has 1 N–H and O–H groups in total. The van der Waals surface area contributed by atoms with Gasteiger partial charge in [0.1, 0.15) is 0 Å². The number of nitrogens with zero attached hydrogens (tertiary/aromatic N) is 2. The SMILES string of the molecule is CCCOc1ccc([C@@H]2CN3C(=O)CN(CCC)C(=O)[C@]3(C)c3[nH]c4ccccc4c32)cc1OC. The minimum atomic E-state index is -1.07. The molecule has 5 rings (SSSR count). The highest BCUT2D eigenvalue weighted by Gasteiger charge is 2.56. The molecule has 0 unspecified atom stereocenters. The van der Waals surface area contributed by atoms with Crippen molar-refractivity contribution in [2.75, 3.05) is 33.4 Å². The van der Waals surface area contributed by atoms with E-state index in [0.29, 0.717) is 31.2 Å². The van der Waals surface area contributed by atoms with Crippen LogP contribution in [-0.4, -0.2) is 59.9 Å². The lowest BCUT2D eigenvalue weighted by atomic mass is 9.76. The summed E-state index contributed by atoms with van der Waals surface area (Å²) in [4.78, 5) is 34.3. The van der Waals surface area contributed by atoms with Crippen molar-refractivity contribution in [3.8, 4) is 11.5 Å². The summed E-state index contributed by atoms with van der Waals surface area (Å²) in [6.07, 6.45) is 1.72. The molecule has 184 valence electrons. The second-order valence-electron chi connectivity index (χ2n) is 9.57. The molecule has 35 heavy (non-hydrogen) atoms. The highest BCUT2D eigenvalue weighted by molar-refractivity contribution is 6.01. The van der Waals surface area contributed by atoms with Gasteiger partial charge in [-0.25, -0.2) is 0 Å². The van der Waals surface area contributed by atoms with Gasteiger partial charge in [-0.15, -0.1) is 0 Å². The molecular formula is C28H33N3O4. The molecule has 2 aliphatic rings. The number of aromatic amines is 1. The van der Waals surface area contributed by atoms with Crippen molar-refractivity contribution < 1.29 is 19.1 Å². The standard InChI is InChI=1S/C28H33N3O4/c1-5-13-30-17-24(32)31-16-20(18-11-12-22(35-14-6-2)23(15-18)34-4)25-19-9-7-8-10-21(19)29-26(25)28(31,3)27(30)33/h7-12,15,20,29H,5-6,13-14,16-17H2,1-4H3/t20-,28-/m0/s1. The number of piperazine rings is 1. The Morgan fingerprint density at radius 2 is 1.89 bits per heavy atom. The van der Waals surface area contributed by atoms with Crippen LogP contribution in [0.1, 0.15) is 56.4 Å². The zero-order valence-electron chi connectivity index (χ0n) is 20.9. The fraction of sp³-hybridized carbons (Fsp3) is 0.429. The molecular weight excluding hydrogens is 442 g/mol. The van der Waals surface area contributed by atoms with Crippen molar-refractivity contribution >= 4 is 22.7 Å². The zero-order chi connectivity index (χ0) is 24.7. The lowest BCUT2D eigenvalue weighted by Crippen LogP contribution is -2.67. The number of amides is 2. The lowest BCUT2D eigenvalue weighted by Gasteiger charge is -2.51. The van der Waals surface area contributed by atoms with E-state index in [-0.39, 0.29) is 24.3 Å². The average Bonchev–Trinajstić information content (AvgIpc) is 3.27. The molecule has 0 spiro atoms. The third-order valence-electron chi connectivity index (χ3n) is 7.36. The molecule has 1 fully saturated rings. The van der Waals surface area contributed by atoms with Gasteiger partial charge in [-0.1, -0.05) is 38.1 Å². The third-order valence-corrected chi connectivity index (χ3v) is 7.36. The number of hydrogen-bond donors (Lipinski definition) is 1. The molecule has 0 aliphatic carbocycles. The first-order valence-electron chi connectivity index (χ1n) is 12.5. The number of methoxy groups -OCH3 is 1. The van der Waals surface area contributed by atoms with Gasteiger partial charge in [0.05, 0.1) is 26.0 Å². The second-order valence-corrected chi connectivity index (χ2v) is 9.57. The Bertz CT molecular complexity index is 1280. The maximum absolute atomic E-state index is 13.8. The number of benzene rings is 2. The second kappa shape index (κ2) is 8.95. The summed E-state index contributed by atoms with van der Waals surface area (Å²) in [7, 11) is 1.64. The Kier molecular flexibility index (Phi) is 5.95. The van der Waals surface area contributed by atoms with Crippen LogP contribution in [0.15, 0.2) is 42.5 Å². The van der Waals surface area contributed by atoms with Crippen LogP contribution in [0.4, 0.5) is 0 Å². The quantitative estimate of drug-likeness (QED) is 0.549. The normalized spacial score (nSPS) is 21.8. The van der Waals surface area contributed by atoms with Gasteiger partial charge in [0, 0.05) is 29.9 Å². The van der Waals surface area contributed by atoms with Crippen LogP contribution in [0.25, 0.3) is 10.9 Å². The van der Waals surface area contributed by atoms with Gasteiger partial charge in [0.15, 0.2) is 17.0 Å².